The molecule has 0 saturated heterocycles. The lowest BCUT2D eigenvalue weighted by atomic mass is 10.0. The monoisotopic (exact) mass is 622 g/mol. The summed E-state index contributed by atoms with van der Waals surface area (Å²) in [6, 6.07) is 13.0. The van der Waals surface area contributed by atoms with Gasteiger partial charge in [-0.2, -0.15) is 0 Å². The van der Waals surface area contributed by atoms with E-state index < -0.39 is 34.1 Å². The van der Waals surface area contributed by atoms with Crippen LogP contribution in [-0.2, 0) is 13.0 Å². The summed E-state index contributed by atoms with van der Waals surface area (Å²) in [5.74, 6) is -1.79. The van der Waals surface area contributed by atoms with Gasteiger partial charge >= 0.3 is 11.4 Å². The van der Waals surface area contributed by atoms with Crippen molar-refractivity contribution in [3.05, 3.63) is 118 Å². The van der Waals surface area contributed by atoms with E-state index in [2.05, 4.69) is 45.8 Å². The highest BCUT2D eigenvalue weighted by Gasteiger charge is 2.27. The molecule has 2 amide bonds. The van der Waals surface area contributed by atoms with Gasteiger partial charge in [0.25, 0.3) is 28.4 Å². The molecule has 0 unspecified atom stereocenters. The normalized spacial score (nSPS) is 14.0. The highest BCUT2D eigenvalue weighted by Crippen LogP contribution is 2.33. The van der Waals surface area contributed by atoms with Gasteiger partial charge in [0.05, 0.1) is 6.04 Å². The molecule has 0 fully saturated rings. The highest BCUT2D eigenvalue weighted by atomic mass is 16.5. The van der Waals surface area contributed by atoms with E-state index in [1.165, 1.54) is 6.07 Å². The number of nitrogen functional groups attached to an aromatic ring is 1. The number of anilines is 3. The fraction of sp³-hybridized carbons (Fsp3) is 0.138. The molecule has 230 valence electrons. The first-order chi connectivity index (χ1) is 22.2. The zero-order chi connectivity index (χ0) is 32.1. The van der Waals surface area contributed by atoms with E-state index in [1.807, 2.05) is 12.1 Å². The van der Waals surface area contributed by atoms with E-state index in [1.54, 1.807) is 30.3 Å². The molecule has 1 aliphatic carbocycles. The van der Waals surface area contributed by atoms with Crippen molar-refractivity contribution in [2.75, 3.05) is 11.1 Å². The van der Waals surface area contributed by atoms with Gasteiger partial charge in [-0.05, 0) is 53.8 Å². The number of aromatic nitrogens is 6. The Labute approximate surface area is 255 Å². The van der Waals surface area contributed by atoms with Crippen LogP contribution in [0.25, 0.3) is 17.2 Å². The molecule has 17 heteroatoms. The number of nitrogens with zero attached hydrogens (tertiary/aromatic N) is 4. The molecule has 1 aliphatic rings. The molecule has 3 heterocycles. The summed E-state index contributed by atoms with van der Waals surface area (Å²) in [6.45, 7) is 0.0107. The predicted molar refractivity (Wildman–Crippen MR) is 161 cm³/mol. The average Bonchev–Trinajstić information content (AvgIpc) is 3.79. The fourth-order valence-electron chi connectivity index (χ4n) is 5.41. The number of nitrogens with one attached hydrogen (secondary N) is 5. The number of rotatable bonds is 8. The number of carbonyl (C=O) groups excluding carboxylic acids is 2. The van der Waals surface area contributed by atoms with Crippen molar-refractivity contribution < 1.29 is 14.1 Å². The van der Waals surface area contributed by atoms with Gasteiger partial charge in [0.15, 0.2) is 5.82 Å². The van der Waals surface area contributed by atoms with E-state index in [9.17, 15) is 28.8 Å². The quantitative estimate of drug-likeness (QED) is 0.123. The number of amides is 2. The van der Waals surface area contributed by atoms with Crippen LogP contribution in [0.4, 0.5) is 17.1 Å². The number of fused-ring (bicyclic) bond motifs is 2. The minimum Gasteiger partial charge on any atom is -0.394 e. The molecule has 46 heavy (non-hydrogen) atoms. The third-order valence-electron chi connectivity index (χ3n) is 7.69. The number of benzene rings is 2. The maximum absolute atomic E-state index is 13.4. The summed E-state index contributed by atoms with van der Waals surface area (Å²) in [5, 5.41) is 18.2. The maximum Gasteiger partial charge on any atom is 0.439 e. The van der Waals surface area contributed by atoms with Gasteiger partial charge in [0.2, 0.25) is 0 Å². The van der Waals surface area contributed by atoms with Gasteiger partial charge in [0.1, 0.15) is 22.8 Å². The molecular formula is C29H22N10O7. The molecule has 7 rings (SSSR count). The van der Waals surface area contributed by atoms with Crippen LogP contribution in [0.3, 0.4) is 0 Å². The molecular weight excluding hydrogens is 600 g/mol. The van der Waals surface area contributed by atoms with Gasteiger partial charge in [-0.3, -0.25) is 28.7 Å². The summed E-state index contributed by atoms with van der Waals surface area (Å²) in [7, 11) is 0. The van der Waals surface area contributed by atoms with Crippen molar-refractivity contribution in [3.8, 4) is 11.4 Å². The van der Waals surface area contributed by atoms with Crippen LogP contribution in [0, 0.1) is 0 Å². The number of carbonyl (C=O) groups is 2. The fourth-order valence-corrected chi connectivity index (χ4v) is 5.41. The van der Waals surface area contributed by atoms with Gasteiger partial charge in [-0.15, -0.1) is 5.10 Å². The van der Waals surface area contributed by atoms with Crippen molar-refractivity contribution in [2.45, 2.75) is 25.4 Å². The van der Waals surface area contributed by atoms with Crippen molar-refractivity contribution in [2.24, 2.45) is 0 Å². The van der Waals surface area contributed by atoms with Crippen molar-refractivity contribution in [3.63, 3.8) is 0 Å². The van der Waals surface area contributed by atoms with Crippen LogP contribution in [0.1, 0.15) is 50.1 Å². The van der Waals surface area contributed by atoms with Crippen LogP contribution in [0.15, 0.2) is 72.2 Å². The first kappa shape index (κ1) is 28.1. The Morgan fingerprint density at radius 2 is 1.89 bits per heavy atom. The number of nitrogens with two attached hydrogens (primary N) is 1. The Hall–Kier alpha value is -6.65. The largest absolute Gasteiger partial charge is 0.439 e. The number of hydrogen-bond acceptors (Lipinski definition) is 12. The topological polar surface area (TPSA) is 252 Å². The van der Waals surface area contributed by atoms with Gasteiger partial charge < -0.3 is 21.7 Å². The molecule has 0 spiro atoms. The summed E-state index contributed by atoms with van der Waals surface area (Å²) in [6.07, 6.45) is 1.25. The molecule has 0 bridgehead atoms. The van der Waals surface area contributed by atoms with Gasteiger partial charge in [0, 0.05) is 17.8 Å². The van der Waals surface area contributed by atoms with Crippen LogP contribution >= 0.6 is 0 Å². The first-order valence-electron chi connectivity index (χ1n) is 13.9. The molecule has 0 saturated carbocycles. The minimum atomic E-state index is -0.748. The summed E-state index contributed by atoms with van der Waals surface area (Å²) in [5.41, 5.74) is 6.57. The minimum absolute atomic E-state index is 0.00506. The SMILES string of the molecule is Nc1c(Nc2cccc(CNC(=O)c3cc(C(=O)N[C@H]4CCc5cc(-c6noc(=O)[nH]6)ccc54)nc4n[nH]c(=O)n34)c2)c(=O)c1=O. The van der Waals surface area contributed by atoms with E-state index in [0.717, 1.165) is 15.5 Å². The molecule has 17 nitrogen and oxygen atoms in total. The number of aryl methyl sites for hydroxylation is 1. The van der Waals surface area contributed by atoms with Crippen LogP contribution in [0.2, 0.25) is 0 Å². The number of hydrogen-bond donors (Lipinski definition) is 6. The van der Waals surface area contributed by atoms with E-state index in [0.29, 0.717) is 35.5 Å². The molecule has 6 aromatic rings. The Kier molecular flexibility index (Phi) is 6.61. The summed E-state index contributed by atoms with van der Waals surface area (Å²) < 4.78 is 5.54. The molecule has 0 aliphatic heterocycles. The van der Waals surface area contributed by atoms with E-state index in [4.69, 9.17) is 5.73 Å². The van der Waals surface area contributed by atoms with E-state index >= 15 is 0 Å². The number of aromatic amines is 2. The lowest BCUT2D eigenvalue weighted by molar-refractivity contribution is 0.0931. The zero-order valence-corrected chi connectivity index (χ0v) is 23.5. The number of H-pyrrole nitrogens is 2. The lowest BCUT2D eigenvalue weighted by Crippen LogP contribution is -2.36. The first-order valence-corrected chi connectivity index (χ1v) is 13.9. The second kappa shape index (κ2) is 10.8. The Morgan fingerprint density at radius 1 is 1.04 bits per heavy atom. The lowest BCUT2D eigenvalue weighted by Gasteiger charge is -2.15. The molecule has 1 atom stereocenters. The maximum atomic E-state index is 13.4. The summed E-state index contributed by atoms with van der Waals surface area (Å²) in [4.78, 5) is 80.3. The highest BCUT2D eigenvalue weighted by molar-refractivity contribution is 5.98. The average molecular weight is 623 g/mol. The van der Waals surface area contributed by atoms with Crippen molar-refractivity contribution in [1.82, 2.24) is 40.4 Å². The predicted octanol–water partition coefficient (Wildman–Crippen LogP) is 0.0300. The third kappa shape index (κ3) is 4.90. The van der Waals surface area contributed by atoms with Crippen LogP contribution < -0.4 is 44.0 Å². The van der Waals surface area contributed by atoms with E-state index in [-0.39, 0.29) is 41.1 Å². The smallest absolute Gasteiger partial charge is 0.394 e. The summed E-state index contributed by atoms with van der Waals surface area (Å²) >= 11 is 0. The van der Waals surface area contributed by atoms with Crippen molar-refractivity contribution >= 4 is 34.7 Å². The second-order valence-corrected chi connectivity index (χ2v) is 10.6. The standard InChI is InChI=1S/C29H22N10O7/c30-20-21(23(41)22(20)40)32-15-3-1-2-12(8-15)11-31-26(43)19-10-18(34-27-36-37-28(44)39(19)27)25(42)33-17-7-5-13-9-14(4-6-16(13)17)24-35-29(45)46-38-24/h1-4,6,8-10,17,32H,5,7,11,30H2,(H,31,43)(H,33,42)(H,37,44)(H,35,38,45)/t17-/m0/s1. The molecule has 0 radical (unpaired) electrons. The Morgan fingerprint density at radius 3 is 2.67 bits per heavy atom. The molecule has 3 aromatic carbocycles. The van der Waals surface area contributed by atoms with Crippen LogP contribution in [0.5, 0.6) is 0 Å². The molecule has 7 N–H and O–H groups in total. The van der Waals surface area contributed by atoms with Crippen LogP contribution in [-0.4, -0.2) is 41.5 Å². The third-order valence-corrected chi connectivity index (χ3v) is 7.69. The van der Waals surface area contributed by atoms with Gasteiger partial charge in [-0.1, -0.05) is 29.4 Å². The zero-order valence-electron chi connectivity index (χ0n) is 23.5. The Bertz CT molecular complexity index is 2390. The second-order valence-electron chi connectivity index (χ2n) is 10.6. The van der Waals surface area contributed by atoms with Crippen molar-refractivity contribution in [1.29, 1.82) is 0 Å². The molecule has 3 aromatic heterocycles. The van der Waals surface area contributed by atoms with Gasteiger partial charge in [-0.25, -0.2) is 24.1 Å². The Balaban J connectivity index is 1.08.